The Morgan fingerprint density at radius 3 is 2.02 bits per heavy atom. The van der Waals surface area contributed by atoms with Gasteiger partial charge >= 0.3 is 0 Å². The van der Waals surface area contributed by atoms with Crippen LogP contribution in [0.2, 0.25) is 0 Å². The van der Waals surface area contributed by atoms with E-state index >= 15 is 0 Å². The number of para-hydroxylation sites is 4. The summed E-state index contributed by atoms with van der Waals surface area (Å²) in [6.07, 6.45) is 4.76. The highest BCUT2D eigenvalue weighted by Gasteiger charge is 2.47. The Labute approximate surface area is 340 Å². The molecule has 0 spiro atoms. The monoisotopic (exact) mass is 761 g/mol. The maximum Gasteiger partial charge on any atom is 0.167 e. The SMILES string of the molecule is CC1C=CC2(C)C3=C1C(C)c1c(n(c4ccc(-n5c6ccccc6c6ccccc65)cc14)-c1cccc4c1oc1c(cccc14)-c1nc(-c4ccccc4)nc2n1)C3C. The molecule has 0 fully saturated rings. The van der Waals surface area contributed by atoms with Crippen molar-refractivity contribution in [3.63, 3.8) is 0 Å². The zero-order chi connectivity index (χ0) is 39.3. The van der Waals surface area contributed by atoms with Crippen molar-refractivity contribution in [3.05, 3.63) is 174 Å². The Balaban J connectivity index is 1.18. The van der Waals surface area contributed by atoms with E-state index in [0.717, 1.165) is 50.3 Å². The van der Waals surface area contributed by atoms with Gasteiger partial charge in [-0.15, -0.1) is 0 Å². The van der Waals surface area contributed by atoms with Crippen LogP contribution in [0.25, 0.3) is 88.8 Å². The number of hydrogen-bond acceptors (Lipinski definition) is 4. The number of rotatable bonds is 2. The lowest BCUT2D eigenvalue weighted by Gasteiger charge is -2.44. The van der Waals surface area contributed by atoms with Crippen molar-refractivity contribution < 1.29 is 4.42 Å². The van der Waals surface area contributed by atoms with Crippen molar-refractivity contribution >= 4 is 54.6 Å². The van der Waals surface area contributed by atoms with E-state index in [2.05, 4.69) is 164 Å². The quantitative estimate of drug-likeness (QED) is 0.165. The average Bonchev–Trinajstić information content (AvgIpc) is 3.94. The van der Waals surface area contributed by atoms with Gasteiger partial charge in [0.15, 0.2) is 17.2 Å². The van der Waals surface area contributed by atoms with Crippen molar-refractivity contribution in [2.24, 2.45) is 5.92 Å². The van der Waals surface area contributed by atoms with E-state index in [9.17, 15) is 0 Å². The molecule has 3 aliphatic rings. The fourth-order valence-corrected chi connectivity index (χ4v) is 11.3. The summed E-state index contributed by atoms with van der Waals surface area (Å²) in [6.45, 7) is 9.51. The summed E-state index contributed by atoms with van der Waals surface area (Å²) < 4.78 is 12.1. The van der Waals surface area contributed by atoms with Crippen LogP contribution in [-0.2, 0) is 5.41 Å². The van der Waals surface area contributed by atoms with Gasteiger partial charge in [0, 0.05) is 55.7 Å². The van der Waals surface area contributed by atoms with Crippen LogP contribution in [0.15, 0.2) is 161 Å². The van der Waals surface area contributed by atoms with E-state index in [1.807, 2.05) is 18.2 Å². The number of hydrogen-bond donors (Lipinski definition) is 0. The maximum absolute atomic E-state index is 7.15. The van der Waals surface area contributed by atoms with Crippen LogP contribution >= 0.6 is 0 Å². The second-order valence-electron chi connectivity index (χ2n) is 17.0. The lowest BCUT2D eigenvalue weighted by atomic mass is 9.60. The first kappa shape index (κ1) is 33.0. The molecule has 0 N–H and O–H groups in total. The van der Waals surface area contributed by atoms with Gasteiger partial charge in [-0.1, -0.05) is 129 Å². The number of nitrogens with zero attached hydrogens (tertiary/aromatic N) is 5. The minimum atomic E-state index is -0.606. The highest BCUT2D eigenvalue weighted by molar-refractivity contribution is 6.12. The molecule has 4 atom stereocenters. The first-order chi connectivity index (χ1) is 28.9. The highest BCUT2D eigenvalue weighted by Crippen LogP contribution is 2.58. The summed E-state index contributed by atoms with van der Waals surface area (Å²) in [7, 11) is 0. The smallest absolute Gasteiger partial charge is 0.167 e. The second kappa shape index (κ2) is 11.5. The molecule has 4 aromatic heterocycles. The largest absolute Gasteiger partial charge is 0.453 e. The molecule has 282 valence electrons. The fourth-order valence-electron chi connectivity index (χ4n) is 11.3. The molecule has 5 heterocycles. The molecular formula is C53H39N5O. The lowest BCUT2D eigenvalue weighted by Crippen LogP contribution is -2.37. The average molecular weight is 762 g/mol. The van der Waals surface area contributed by atoms with E-state index in [4.69, 9.17) is 19.4 Å². The summed E-state index contributed by atoms with van der Waals surface area (Å²) in [5.74, 6) is 2.40. The first-order valence-electron chi connectivity index (χ1n) is 20.8. The maximum atomic E-state index is 7.15. The van der Waals surface area contributed by atoms with E-state index in [1.54, 1.807) is 0 Å². The van der Waals surface area contributed by atoms with E-state index < -0.39 is 5.41 Å². The third kappa shape index (κ3) is 4.23. The van der Waals surface area contributed by atoms with Gasteiger partial charge in [0.25, 0.3) is 0 Å². The summed E-state index contributed by atoms with van der Waals surface area (Å²) in [5, 5.41) is 5.90. The molecule has 4 unspecified atom stereocenters. The molecule has 1 aliphatic heterocycles. The normalized spacial score (nSPS) is 20.6. The van der Waals surface area contributed by atoms with Crippen molar-refractivity contribution in [1.82, 2.24) is 24.1 Å². The van der Waals surface area contributed by atoms with Crippen LogP contribution in [0.1, 0.15) is 56.6 Å². The predicted molar refractivity (Wildman–Crippen MR) is 239 cm³/mol. The van der Waals surface area contributed by atoms with Crippen molar-refractivity contribution in [2.75, 3.05) is 0 Å². The second-order valence-corrected chi connectivity index (χ2v) is 17.0. The third-order valence-electron chi connectivity index (χ3n) is 13.8. The summed E-state index contributed by atoms with van der Waals surface area (Å²) >= 11 is 0. The number of furan rings is 1. The van der Waals surface area contributed by atoms with Crippen LogP contribution in [0, 0.1) is 5.92 Å². The Kier molecular flexibility index (Phi) is 6.45. The van der Waals surface area contributed by atoms with E-state index in [1.165, 1.54) is 55.1 Å². The van der Waals surface area contributed by atoms with E-state index in [-0.39, 0.29) is 17.8 Å². The van der Waals surface area contributed by atoms with Crippen LogP contribution in [0.3, 0.4) is 0 Å². The molecule has 6 heteroatoms. The highest BCUT2D eigenvalue weighted by atomic mass is 16.3. The first-order valence-corrected chi connectivity index (χ1v) is 20.8. The van der Waals surface area contributed by atoms with Crippen LogP contribution in [0.4, 0.5) is 0 Å². The van der Waals surface area contributed by atoms with Gasteiger partial charge < -0.3 is 13.6 Å². The molecule has 6 nitrogen and oxygen atoms in total. The molecule has 10 aromatic rings. The van der Waals surface area contributed by atoms with Crippen molar-refractivity contribution in [3.8, 4) is 34.2 Å². The molecular weight excluding hydrogens is 723 g/mol. The zero-order valence-electron chi connectivity index (χ0n) is 33.2. The number of fused-ring (bicyclic) bond motifs is 12. The minimum Gasteiger partial charge on any atom is -0.453 e. The Morgan fingerprint density at radius 2 is 1.24 bits per heavy atom. The van der Waals surface area contributed by atoms with Crippen LogP contribution in [0.5, 0.6) is 0 Å². The summed E-state index contributed by atoms with van der Waals surface area (Å²) in [4.78, 5) is 16.0. The molecule has 0 radical (unpaired) electrons. The topological polar surface area (TPSA) is 61.7 Å². The van der Waals surface area contributed by atoms with Gasteiger partial charge in [-0.25, -0.2) is 15.0 Å². The molecule has 0 saturated heterocycles. The Morgan fingerprint density at radius 1 is 0.576 bits per heavy atom. The number of aromatic nitrogens is 5. The van der Waals surface area contributed by atoms with Gasteiger partial charge in [0.2, 0.25) is 0 Å². The Bertz CT molecular complexity index is 3470. The minimum absolute atomic E-state index is 0.0193. The predicted octanol–water partition coefficient (Wildman–Crippen LogP) is 13.1. The summed E-state index contributed by atoms with van der Waals surface area (Å²) in [6, 6.07) is 47.9. The van der Waals surface area contributed by atoms with Gasteiger partial charge in [-0.05, 0) is 66.4 Å². The molecule has 6 bridgehead atoms. The molecule has 0 saturated carbocycles. The van der Waals surface area contributed by atoms with Gasteiger partial charge in [0.05, 0.1) is 33.2 Å². The fraction of sp³-hybridized carbons (Fsp3) is 0.151. The zero-order valence-corrected chi connectivity index (χ0v) is 33.2. The van der Waals surface area contributed by atoms with Crippen molar-refractivity contribution in [2.45, 2.75) is 44.9 Å². The van der Waals surface area contributed by atoms with Gasteiger partial charge in [-0.2, -0.15) is 0 Å². The molecule has 0 amide bonds. The van der Waals surface area contributed by atoms with Crippen LogP contribution < -0.4 is 0 Å². The van der Waals surface area contributed by atoms with E-state index in [0.29, 0.717) is 11.6 Å². The molecule has 13 rings (SSSR count). The number of allylic oxidation sites excluding steroid dienone is 4. The summed E-state index contributed by atoms with van der Waals surface area (Å²) in [5.41, 5.74) is 14.1. The molecule has 59 heavy (non-hydrogen) atoms. The lowest BCUT2D eigenvalue weighted by molar-refractivity contribution is 0.512. The number of benzene rings is 6. The van der Waals surface area contributed by atoms with Crippen LogP contribution in [-0.4, -0.2) is 24.1 Å². The Hall–Kier alpha value is -7.05. The molecule has 2 aliphatic carbocycles. The van der Waals surface area contributed by atoms with Crippen molar-refractivity contribution in [1.29, 1.82) is 0 Å². The third-order valence-corrected chi connectivity index (χ3v) is 13.8. The van der Waals surface area contributed by atoms with Gasteiger partial charge in [0.1, 0.15) is 11.4 Å². The molecule has 6 aromatic carbocycles. The standard InChI is InChI=1S/C53H39N5O/c1-29-26-27-53(4)46-31(3)47-45(30(2)44(29)46)39-28-33(57-40-21-10-8-16-34(40)35-17-9-11-22-41(35)57)24-25-42(39)58(47)43-23-13-19-37-36-18-12-20-38(48(36)59-49(37)43)51-54-50(55-52(53)56-51)32-14-6-5-7-15-32/h5-31H,1-4H3. The van der Waals surface area contributed by atoms with Gasteiger partial charge in [-0.3, -0.25) is 0 Å².